The van der Waals surface area contributed by atoms with Crippen LogP contribution in [0.1, 0.15) is 33.6 Å². The number of esters is 2. The lowest BCUT2D eigenvalue weighted by Gasteiger charge is -2.34. The van der Waals surface area contributed by atoms with Crippen molar-refractivity contribution in [2.45, 2.75) is 63.3 Å². The van der Waals surface area contributed by atoms with Crippen molar-refractivity contribution >= 4 is 11.9 Å². The Morgan fingerprint density at radius 2 is 2.08 bits per heavy atom. The second-order valence-electron chi connectivity index (χ2n) is 7.62. The summed E-state index contributed by atoms with van der Waals surface area (Å²) in [4.78, 5) is 24.2. The minimum absolute atomic E-state index is 0.0285. The molecule has 26 heavy (non-hydrogen) atoms. The molecule has 6 atom stereocenters. The number of carbonyl (C=O) groups is 2. The highest BCUT2D eigenvalue weighted by molar-refractivity contribution is 5.91. The second kappa shape index (κ2) is 6.04. The largest absolute Gasteiger partial charge is 0.458 e. The molecule has 3 rings (SSSR count). The van der Waals surface area contributed by atoms with E-state index in [4.69, 9.17) is 14.2 Å². The number of hydrogen-bond acceptors (Lipinski definition) is 7. The Morgan fingerprint density at radius 1 is 1.42 bits per heavy atom. The zero-order valence-electron chi connectivity index (χ0n) is 15.2. The summed E-state index contributed by atoms with van der Waals surface area (Å²) in [6, 6.07) is 0. The smallest absolute Gasteiger partial charge is 0.334 e. The third-order valence-corrected chi connectivity index (χ3v) is 5.48. The molecule has 2 fully saturated rings. The number of hydrogen-bond donors (Lipinski definition) is 2. The zero-order valence-corrected chi connectivity index (χ0v) is 15.2. The molecule has 142 valence electrons. The molecular formula is C19H24O7. The van der Waals surface area contributed by atoms with Crippen LogP contribution < -0.4 is 0 Å². The average molecular weight is 364 g/mol. The molecule has 2 N–H and O–H groups in total. The van der Waals surface area contributed by atoms with Crippen LogP contribution >= 0.6 is 0 Å². The Bertz CT molecular complexity index is 723. The molecule has 0 aliphatic carbocycles. The minimum atomic E-state index is -1.68. The van der Waals surface area contributed by atoms with Crippen LogP contribution in [-0.2, 0) is 23.8 Å². The topological polar surface area (TPSA) is 102 Å². The lowest BCUT2D eigenvalue weighted by molar-refractivity contribution is -0.208. The Labute approximate surface area is 151 Å². The second-order valence-corrected chi connectivity index (χ2v) is 7.62. The molecule has 0 aromatic rings. The number of rotatable bonds is 2. The minimum Gasteiger partial charge on any atom is -0.458 e. The molecule has 3 aliphatic heterocycles. The first-order valence-electron chi connectivity index (χ1n) is 8.52. The number of ether oxygens (including phenoxy) is 3. The van der Waals surface area contributed by atoms with Gasteiger partial charge < -0.3 is 24.4 Å². The summed E-state index contributed by atoms with van der Waals surface area (Å²) in [6.07, 6.45) is -0.957. The van der Waals surface area contributed by atoms with Crippen molar-refractivity contribution in [1.29, 1.82) is 0 Å². The SMILES string of the molecule is C=C(C)C(=O)OC1CC2(C)OC(O)(CC2O)C(C)=CC2OC(=O)C(=C)C21. The van der Waals surface area contributed by atoms with E-state index in [1.54, 1.807) is 19.9 Å². The van der Waals surface area contributed by atoms with E-state index in [9.17, 15) is 19.8 Å². The van der Waals surface area contributed by atoms with Gasteiger partial charge in [-0.3, -0.25) is 0 Å². The standard InChI is InChI=1S/C19H24O7/c1-9(2)16(21)25-13-7-18(5)14(20)8-19(23,26-18)10(3)6-12-15(13)11(4)17(22)24-12/h6,12-15,20,23H,1,4,7-8H2,2-3,5H3. The van der Waals surface area contributed by atoms with Gasteiger partial charge in [-0.15, -0.1) is 0 Å². The van der Waals surface area contributed by atoms with Gasteiger partial charge in [0.05, 0.1) is 17.6 Å². The molecule has 2 saturated heterocycles. The van der Waals surface area contributed by atoms with Gasteiger partial charge in [-0.25, -0.2) is 9.59 Å². The normalized spacial score (nSPS) is 42.1. The van der Waals surface area contributed by atoms with Gasteiger partial charge in [0.2, 0.25) is 0 Å². The summed E-state index contributed by atoms with van der Waals surface area (Å²) in [5.74, 6) is -3.52. The summed E-state index contributed by atoms with van der Waals surface area (Å²) in [5.41, 5.74) is -0.366. The van der Waals surface area contributed by atoms with E-state index >= 15 is 0 Å². The van der Waals surface area contributed by atoms with E-state index in [2.05, 4.69) is 13.2 Å². The van der Waals surface area contributed by atoms with E-state index in [1.807, 2.05) is 0 Å². The van der Waals surface area contributed by atoms with Crippen molar-refractivity contribution in [3.63, 3.8) is 0 Å². The molecule has 0 spiro atoms. The Hall–Kier alpha value is -1.96. The van der Waals surface area contributed by atoms with Crippen LogP contribution in [0.25, 0.3) is 0 Å². The Kier molecular flexibility index (Phi) is 4.37. The van der Waals surface area contributed by atoms with Crippen LogP contribution in [0.3, 0.4) is 0 Å². The van der Waals surface area contributed by atoms with Gasteiger partial charge in [0.1, 0.15) is 12.2 Å². The van der Waals surface area contributed by atoms with E-state index in [1.165, 1.54) is 6.92 Å². The number of fused-ring (bicyclic) bond motifs is 3. The Morgan fingerprint density at radius 3 is 2.69 bits per heavy atom. The number of aliphatic hydroxyl groups is 2. The van der Waals surface area contributed by atoms with Crippen LogP contribution in [-0.4, -0.2) is 51.9 Å². The zero-order chi connectivity index (χ0) is 19.4. The van der Waals surface area contributed by atoms with E-state index in [0.29, 0.717) is 5.57 Å². The third kappa shape index (κ3) is 2.90. The quantitative estimate of drug-likeness (QED) is 0.430. The predicted octanol–water partition coefficient (Wildman–Crippen LogP) is 1.15. The van der Waals surface area contributed by atoms with Crippen LogP contribution in [0, 0.1) is 5.92 Å². The lowest BCUT2D eigenvalue weighted by Crippen LogP contribution is -2.44. The van der Waals surface area contributed by atoms with Gasteiger partial charge in [-0.05, 0) is 32.4 Å². The fourth-order valence-electron chi connectivity index (χ4n) is 3.83. The van der Waals surface area contributed by atoms with Crippen LogP contribution in [0.4, 0.5) is 0 Å². The van der Waals surface area contributed by atoms with Crippen molar-refractivity contribution in [2.75, 3.05) is 0 Å². The monoisotopic (exact) mass is 364 g/mol. The summed E-state index contributed by atoms with van der Waals surface area (Å²) in [6.45, 7) is 12.2. The first-order valence-corrected chi connectivity index (χ1v) is 8.52. The molecule has 7 nitrogen and oxygen atoms in total. The van der Waals surface area contributed by atoms with Gasteiger partial charge >= 0.3 is 11.9 Å². The van der Waals surface area contributed by atoms with Gasteiger partial charge in [0.25, 0.3) is 0 Å². The summed E-state index contributed by atoms with van der Waals surface area (Å²) in [7, 11) is 0. The van der Waals surface area contributed by atoms with Crippen molar-refractivity contribution < 1.29 is 34.0 Å². The van der Waals surface area contributed by atoms with Gasteiger partial charge in [0, 0.05) is 24.0 Å². The molecule has 0 aromatic carbocycles. The van der Waals surface area contributed by atoms with E-state index in [-0.39, 0.29) is 24.0 Å². The van der Waals surface area contributed by atoms with Crippen LogP contribution in [0.2, 0.25) is 0 Å². The highest BCUT2D eigenvalue weighted by Crippen LogP contribution is 2.47. The summed E-state index contributed by atoms with van der Waals surface area (Å²) < 4.78 is 16.8. The third-order valence-electron chi connectivity index (χ3n) is 5.48. The van der Waals surface area contributed by atoms with Crippen molar-refractivity contribution in [3.05, 3.63) is 36.0 Å². The van der Waals surface area contributed by atoms with Crippen molar-refractivity contribution in [3.8, 4) is 0 Å². The maximum absolute atomic E-state index is 12.1. The predicted molar refractivity (Wildman–Crippen MR) is 90.6 cm³/mol. The molecule has 0 saturated carbocycles. The van der Waals surface area contributed by atoms with Gasteiger partial charge in [-0.2, -0.15) is 0 Å². The Balaban J connectivity index is 2.08. The maximum atomic E-state index is 12.1. The molecule has 6 unspecified atom stereocenters. The van der Waals surface area contributed by atoms with E-state index in [0.717, 1.165) is 0 Å². The van der Waals surface area contributed by atoms with Crippen LogP contribution in [0.5, 0.6) is 0 Å². The molecule has 0 amide bonds. The maximum Gasteiger partial charge on any atom is 0.334 e. The average Bonchev–Trinajstić information content (AvgIpc) is 2.93. The van der Waals surface area contributed by atoms with Gasteiger partial charge in [-0.1, -0.05) is 13.2 Å². The van der Waals surface area contributed by atoms with Gasteiger partial charge in [0.15, 0.2) is 5.79 Å². The molecule has 0 radical (unpaired) electrons. The first kappa shape index (κ1) is 18.8. The highest BCUT2D eigenvalue weighted by atomic mass is 16.7. The van der Waals surface area contributed by atoms with E-state index < -0.39 is 47.6 Å². The fraction of sp³-hybridized carbons (Fsp3) is 0.579. The first-order chi connectivity index (χ1) is 12.0. The van der Waals surface area contributed by atoms with Crippen LogP contribution in [0.15, 0.2) is 36.0 Å². The molecule has 2 bridgehead atoms. The summed E-state index contributed by atoms with van der Waals surface area (Å²) >= 11 is 0. The van der Waals surface area contributed by atoms with Crippen molar-refractivity contribution in [2.24, 2.45) is 5.92 Å². The number of aliphatic hydroxyl groups excluding tert-OH is 1. The summed E-state index contributed by atoms with van der Waals surface area (Å²) in [5, 5.41) is 21.3. The molecular weight excluding hydrogens is 340 g/mol. The van der Waals surface area contributed by atoms with Crippen molar-refractivity contribution in [1.82, 2.24) is 0 Å². The lowest BCUT2D eigenvalue weighted by atomic mass is 9.80. The fourth-order valence-corrected chi connectivity index (χ4v) is 3.83. The molecule has 3 aliphatic rings. The molecule has 0 aromatic heterocycles. The number of carbonyl (C=O) groups excluding carboxylic acids is 2. The molecule has 7 heteroatoms. The molecule has 3 heterocycles. The highest BCUT2D eigenvalue weighted by Gasteiger charge is 2.58.